The van der Waals surface area contributed by atoms with Crippen molar-refractivity contribution < 1.29 is 9.53 Å². The highest BCUT2D eigenvalue weighted by Crippen LogP contribution is 2.56. The van der Waals surface area contributed by atoms with Crippen LogP contribution in [0.1, 0.15) is 13.8 Å². The first kappa shape index (κ1) is 20.0. The minimum atomic E-state index is -1.96. The van der Waals surface area contributed by atoms with Gasteiger partial charge in [-0.1, -0.05) is 54.6 Å². The first-order chi connectivity index (χ1) is 13.7. The van der Waals surface area contributed by atoms with E-state index in [4.69, 9.17) is 4.74 Å². The molecule has 3 aromatic carbocycles. The average molecular weight is 389 g/mol. The van der Waals surface area contributed by atoms with Crippen molar-refractivity contribution >= 4 is 29.1 Å². The fourth-order valence-corrected chi connectivity index (χ4v) is 7.90. The second kappa shape index (κ2) is 9.48. The molecule has 0 heterocycles. The maximum atomic E-state index is 12.1. The second-order valence-electron chi connectivity index (χ2n) is 6.72. The van der Waals surface area contributed by atoms with Crippen LogP contribution >= 0.6 is 7.26 Å². The molecule has 0 fully saturated rings. The Morgan fingerprint density at radius 1 is 0.786 bits per heavy atom. The van der Waals surface area contributed by atoms with Gasteiger partial charge in [0.05, 0.1) is 12.8 Å². The van der Waals surface area contributed by atoms with E-state index in [1.54, 1.807) is 6.08 Å². The Balaban J connectivity index is 2.21. The summed E-state index contributed by atoms with van der Waals surface area (Å²) >= 11 is 0. The highest BCUT2D eigenvalue weighted by molar-refractivity contribution is 7.95. The van der Waals surface area contributed by atoms with E-state index in [1.807, 2.05) is 13.8 Å². The number of esters is 1. The van der Waals surface area contributed by atoms with Gasteiger partial charge in [0.25, 0.3) is 0 Å². The van der Waals surface area contributed by atoms with Gasteiger partial charge in [-0.3, -0.25) is 0 Å². The topological polar surface area (TPSA) is 26.3 Å². The van der Waals surface area contributed by atoms with Crippen LogP contribution in [-0.4, -0.2) is 18.7 Å². The summed E-state index contributed by atoms with van der Waals surface area (Å²) in [5, 5.41) is 3.93. The Hall–Kier alpha value is -2.70. The molecule has 0 radical (unpaired) electrons. The van der Waals surface area contributed by atoms with Crippen molar-refractivity contribution in [2.75, 3.05) is 12.8 Å². The summed E-state index contributed by atoms with van der Waals surface area (Å²) < 4.78 is 5.14. The number of rotatable bonds is 7. The van der Waals surface area contributed by atoms with Gasteiger partial charge in [-0.25, -0.2) is 4.79 Å². The largest absolute Gasteiger partial charge is 0.463 e. The van der Waals surface area contributed by atoms with E-state index in [9.17, 15) is 4.79 Å². The molecule has 0 bridgehead atoms. The smallest absolute Gasteiger partial charge is 0.330 e. The van der Waals surface area contributed by atoms with Crippen molar-refractivity contribution in [2.45, 2.75) is 13.8 Å². The lowest BCUT2D eigenvalue weighted by molar-refractivity contribution is -0.137. The van der Waals surface area contributed by atoms with E-state index in [2.05, 4.69) is 91.0 Å². The van der Waals surface area contributed by atoms with Gasteiger partial charge in [0.2, 0.25) is 0 Å². The standard InChI is InChI=1S/C25H26O2P/c1-3-27-25(26)19-21(2)20-28(22-13-7-4-8-14-22,23-15-9-5-10-16-23)24-17-11-6-12-18-24/h4-19H,3,20H2,1-2H3/q+1. The number of benzene rings is 3. The molecular weight excluding hydrogens is 363 g/mol. The molecule has 3 rings (SSSR count). The normalized spacial score (nSPS) is 11.9. The van der Waals surface area contributed by atoms with Crippen LogP contribution in [0.4, 0.5) is 0 Å². The van der Waals surface area contributed by atoms with Gasteiger partial charge < -0.3 is 4.74 Å². The molecular formula is C25H26O2P+. The van der Waals surface area contributed by atoms with E-state index in [0.717, 1.165) is 11.7 Å². The van der Waals surface area contributed by atoms with Crippen LogP contribution < -0.4 is 15.9 Å². The number of hydrogen-bond acceptors (Lipinski definition) is 2. The van der Waals surface area contributed by atoms with E-state index in [0.29, 0.717) is 6.61 Å². The third-order valence-corrected chi connectivity index (χ3v) is 9.24. The molecule has 0 atom stereocenters. The lowest BCUT2D eigenvalue weighted by atomic mass is 10.3. The molecule has 142 valence electrons. The number of ether oxygens (including phenoxy) is 1. The van der Waals surface area contributed by atoms with Gasteiger partial charge in [0.1, 0.15) is 23.2 Å². The first-order valence-electron chi connectivity index (χ1n) is 9.55. The van der Waals surface area contributed by atoms with Gasteiger partial charge in [-0.05, 0) is 55.8 Å². The summed E-state index contributed by atoms with van der Waals surface area (Å²) in [7, 11) is -1.96. The van der Waals surface area contributed by atoms with Crippen LogP contribution in [0.15, 0.2) is 103 Å². The van der Waals surface area contributed by atoms with Crippen molar-refractivity contribution in [3.05, 3.63) is 103 Å². The number of hydrogen-bond donors (Lipinski definition) is 0. The lowest BCUT2D eigenvalue weighted by Gasteiger charge is -2.28. The van der Waals surface area contributed by atoms with Crippen molar-refractivity contribution in [1.29, 1.82) is 0 Å². The van der Waals surface area contributed by atoms with Gasteiger partial charge >= 0.3 is 5.97 Å². The Morgan fingerprint density at radius 2 is 1.18 bits per heavy atom. The number of allylic oxidation sites excluding steroid dienone is 1. The van der Waals surface area contributed by atoms with Crippen LogP contribution in [0.3, 0.4) is 0 Å². The molecule has 0 spiro atoms. The molecule has 2 nitrogen and oxygen atoms in total. The molecule has 0 saturated heterocycles. The summed E-state index contributed by atoms with van der Waals surface area (Å²) in [6.07, 6.45) is 2.44. The molecule has 3 heteroatoms. The SMILES string of the molecule is CCOC(=O)C=C(C)C[P+](c1ccccc1)(c1ccccc1)c1ccccc1. The average Bonchev–Trinajstić information content (AvgIpc) is 2.74. The van der Waals surface area contributed by atoms with E-state index >= 15 is 0 Å². The third-order valence-electron chi connectivity index (χ3n) is 4.73. The second-order valence-corrected chi connectivity index (χ2v) is 10.2. The zero-order valence-electron chi connectivity index (χ0n) is 16.4. The zero-order chi connectivity index (χ0) is 19.8. The quantitative estimate of drug-likeness (QED) is 0.338. The summed E-state index contributed by atoms with van der Waals surface area (Å²) in [4.78, 5) is 12.1. The maximum Gasteiger partial charge on any atom is 0.330 e. The molecule has 0 amide bonds. The van der Waals surface area contributed by atoms with E-state index < -0.39 is 7.26 Å². The molecule has 28 heavy (non-hydrogen) atoms. The third kappa shape index (κ3) is 4.40. The highest BCUT2D eigenvalue weighted by atomic mass is 31.2. The maximum absolute atomic E-state index is 12.1. The highest BCUT2D eigenvalue weighted by Gasteiger charge is 2.45. The predicted octanol–water partition coefficient (Wildman–Crippen LogP) is 4.49. The first-order valence-corrected chi connectivity index (χ1v) is 11.5. The van der Waals surface area contributed by atoms with Crippen LogP contribution in [0.25, 0.3) is 0 Å². The summed E-state index contributed by atoms with van der Waals surface area (Å²) in [6, 6.07) is 32.0. The van der Waals surface area contributed by atoms with Gasteiger partial charge in [0.15, 0.2) is 0 Å². The summed E-state index contributed by atoms with van der Waals surface area (Å²) in [5.41, 5.74) is 1.03. The van der Waals surface area contributed by atoms with Gasteiger partial charge in [-0.2, -0.15) is 0 Å². The molecule has 0 aliphatic heterocycles. The van der Waals surface area contributed by atoms with Gasteiger partial charge in [0, 0.05) is 6.08 Å². The van der Waals surface area contributed by atoms with Crippen molar-refractivity contribution in [2.24, 2.45) is 0 Å². The fraction of sp³-hybridized carbons (Fsp3) is 0.160. The predicted molar refractivity (Wildman–Crippen MR) is 120 cm³/mol. The monoisotopic (exact) mass is 389 g/mol. The van der Waals surface area contributed by atoms with Crippen LogP contribution in [0.2, 0.25) is 0 Å². The molecule has 0 unspecified atom stereocenters. The minimum Gasteiger partial charge on any atom is -0.463 e. The minimum absolute atomic E-state index is 0.271. The molecule has 0 aromatic heterocycles. The number of carbonyl (C=O) groups excluding carboxylic acids is 1. The Labute approximate surface area is 168 Å². The van der Waals surface area contributed by atoms with Crippen LogP contribution in [-0.2, 0) is 9.53 Å². The van der Waals surface area contributed by atoms with Crippen LogP contribution in [0, 0.1) is 0 Å². The van der Waals surface area contributed by atoms with E-state index in [-0.39, 0.29) is 5.97 Å². The summed E-state index contributed by atoms with van der Waals surface area (Å²) in [6.45, 7) is 4.25. The van der Waals surface area contributed by atoms with Crippen molar-refractivity contribution in [3.63, 3.8) is 0 Å². The fourth-order valence-electron chi connectivity index (χ4n) is 3.57. The lowest BCUT2D eigenvalue weighted by Crippen LogP contribution is -2.33. The van der Waals surface area contributed by atoms with Crippen molar-refractivity contribution in [3.8, 4) is 0 Å². The zero-order valence-corrected chi connectivity index (χ0v) is 17.3. The molecule has 0 saturated carbocycles. The molecule has 3 aromatic rings. The van der Waals surface area contributed by atoms with Crippen LogP contribution in [0.5, 0.6) is 0 Å². The molecule has 0 aliphatic carbocycles. The summed E-state index contributed by atoms with van der Waals surface area (Å²) in [5.74, 6) is -0.271. The van der Waals surface area contributed by atoms with Crippen molar-refractivity contribution in [1.82, 2.24) is 0 Å². The van der Waals surface area contributed by atoms with Gasteiger partial charge in [-0.15, -0.1) is 0 Å². The Kier molecular flexibility index (Phi) is 6.79. The Bertz CT molecular complexity index is 822. The number of carbonyl (C=O) groups is 1. The van der Waals surface area contributed by atoms with E-state index in [1.165, 1.54) is 15.9 Å². The Morgan fingerprint density at radius 3 is 1.54 bits per heavy atom. The molecule has 0 aliphatic rings. The molecule has 0 N–H and O–H groups in total.